The van der Waals surface area contributed by atoms with Crippen LogP contribution in [0.4, 0.5) is 8.63 Å². The summed E-state index contributed by atoms with van der Waals surface area (Å²) in [6, 6.07) is 12.4. The van der Waals surface area contributed by atoms with Crippen LogP contribution in [0.1, 0.15) is 21.7 Å². The molecule has 4 rings (SSSR count). The molecule has 2 aliphatic heterocycles. The number of carbonyl (C=O) groups excluding carboxylic acids is 1. The molecular weight excluding hydrogens is 285 g/mol. The number of halogens is 2. The Balaban J connectivity index is 2.10. The summed E-state index contributed by atoms with van der Waals surface area (Å²) in [5.74, 6) is 0. The van der Waals surface area contributed by atoms with Gasteiger partial charge in [-0.1, -0.05) is 30.3 Å². The molecule has 0 saturated heterocycles. The predicted octanol–water partition coefficient (Wildman–Crippen LogP) is 2.95. The summed E-state index contributed by atoms with van der Waals surface area (Å²) in [7, 11) is 0. The van der Waals surface area contributed by atoms with Gasteiger partial charge >= 0.3 is 6.97 Å². The first-order valence-electron chi connectivity index (χ1n) is 6.93. The second-order valence-electron chi connectivity index (χ2n) is 5.26. The Morgan fingerprint density at radius 3 is 2.59 bits per heavy atom. The summed E-state index contributed by atoms with van der Waals surface area (Å²) in [5, 5.41) is 0. The molecule has 0 spiro atoms. The Kier molecular flexibility index (Phi) is 2.57. The van der Waals surface area contributed by atoms with E-state index in [0.29, 0.717) is 23.3 Å². The quantitative estimate of drug-likeness (QED) is 0.618. The van der Waals surface area contributed by atoms with Gasteiger partial charge in [0.1, 0.15) is 6.21 Å². The molecule has 0 fully saturated rings. The fourth-order valence-corrected chi connectivity index (χ4v) is 3.14. The minimum absolute atomic E-state index is 0.0206. The smallest absolute Gasteiger partial charge is 0.389 e. The van der Waals surface area contributed by atoms with Crippen molar-refractivity contribution in [1.29, 1.82) is 0 Å². The van der Waals surface area contributed by atoms with E-state index < -0.39 is 6.97 Å². The first-order chi connectivity index (χ1) is 10.6. The van der Waals surface area contributed by atoms with Crippen LogP contribution >= 0.6 is 0 Å². The van der Waals surface area contributed by atoms with E-state index in [2.05, 4.69) is 0 Å². The van der Waals surface area contributed by atoms with Gasteiger partial charge in [-0.05, 0) is 17.7 Å². The van der Waals surface area contributed by atoms with Crippen molar-refractivity contribution < 1.29 is 17.9 Å². The highest BCUT2D eigenvalue weighted by Gasteiger charge is 2.52. The molecule has 0 radical (unpaired) electrons. The minimum atomic E-state index is -4.07. The molecule has 0 unspecified atom stereocenters. The third-order valence-corrected chi connectivity index (χ3v) is 4.07. The molecule has 0 saturated carbocycles. The van der Waals surface area contributed by atoms with E-state index in [9.17, 15) is 13.4 Å². The Labute approximate surface area is 125 Å². The van der Waals surface area contributed by atoms with E-state index in [1.807, 2.05) is 30.3 Å². The molecule has 6 heteroatoms. The van der Waals surface area contributed by atoms with Crippen LogP contribution in [0.3, 0.4) is 0 Å². The summed E-state index contributed by atoms with van der Waals surface area (Å²) in [6.07, 6.45) is 5.10. The van der Waals surface area contributed by atoms with Crippen molar-refractivity contribution in [1.82, 2.24) is 4.48 Å². The first kappa shape index (κ1) is 12.9. The normalized spacial score (nSPS) is 18.0. The number of benzene rings is 1. The van der Waals surface area contributed by atoms with Crippen molar-refractivity contribution in [2.24, 2.45) is 0 Å². The lowest BCUT2D eigenvalue weighted by atomic mass is 9.86. The van der Waals surface area contributed by atoms with Crippen molar-refractivity contribution in [3.63, 3.8) is 0 Å². The lowest BCUT2D eigenvalue weighted by Crippen LogP contribution is -2.50. The van der Waals surface area contributed by atoms with Crippen LogP contribution in [-0.4, -0.2) is 28.4 Å². The number of aromatic nitrogens is 1. The number of allylic oxidation sites excluding steroid dienone is 2. The third kappa shape index (κ3) is 1.55. The maximum atomic E-state index is 14.8. The van der Waals surface area contributed by atoms with Crippen molar-refractivity contribution >= 4 is 25.0 Å². The largest absolute Gasteiger partial charge is 0.737 e. The lowest BCUT2D eigenvalue weighted by molar-refractivity contribution is -0.356. The van der Waals surface area contributed by atoms with E-state index >= 15 is 0 Å². The fourth-order valence-electron chi connectivity index (χ4n) is 3.14. The van der Waals surface area contributed by atoms with Crippen molar-refractivity contribution in [3.8, 4) is 0 Å². The minimum Gasteiger partial charge on any atom is -0.389 e. The molecule has 0 bridgehead atoms. The lowest BCUT2D eigenvalue weighted by Gasteiger charge is -2.31. The Bertz CT molecular complexity index is 879. The van der Waals surface area contributed by atoms with Crippen molar-refractivity contribution in [2.75, 3.05) is 0 Å². The average Bonchev–Trinajstić information content (AvgIpc) is 3.16. The second-order valence-corrected chi connectivity index (χ2v) is 5.26. The zero-order chi connectivity index (χ0) is 15.3. The molecule has 108 valence electrons. The van der Waals surface area contributed by atoms with Gasteiger partial charge in [0.05, 0.1) is 11.3 Å². The monoisotopic (exact) mass is 296 g/mol. The standard InChI is InChI=1S/C16H11BF2N2O/c18-17(19)20-10-4-7-14(20)16(12-5-2-1-3-6-12)15-9-8-13(11-22)21(15)17/h1-11H. The van der Waals surface area contributed by atoms with Crippen LogP contribution in [-0.2, 0) is 0 Å². The average molecular weight is 296 g/mol. The van der Waals surface area contributed by atoms with Crippen LogP contribution < -0.4 is 0 Å². The van der Waals surface area contributed by atoms with E-state index in [1.54, 1.807) is 18.2 Å². The summed E-state index contributed by atoms with van der Waals surface area (Å²) < 4.78 is 31.4. The SMILES string of the molecule is O=Cc1ccc2n1[B-](F)(F)[N+]1=CC=CC1=C2c1ccccc1. The van der Waals surface area contributed by atoms with Crippen LogP contribution in [0.2, 0.25) is 0 Å². The number of rotatable bonds is 2. The number of fused-ring (bicyclic) bond motifs is 2. The summed E-state index contributed by atoms with van der Waals surface area (Å²) in [6.45, 7) is -4.07. The molecule has 22 heavy (non-hydrogen) atoms. The number of carbonyl (C=O) groups is 1. The maximum absolute atomic E-state index is 14.8. The molecular formula is C16H11BF2N2O. The van der Waals surface area contributed by atoms with Gasteiger partial charge < -0.3 is 17.6 Å². The van der Waals surface area contributed by atoms with Gasteiger partial charge in [0.15, 0.2) is 12.0 Å². The first-order valence-corrected chi connectivity index (χ1v) is 6.93. The molecule has 1 aromatic carbocycles. The molecule has 2 aromatic rings. The molecule has 0 aliphatic carbocycles. The zero-order valence-electron chi connectivity index (χ0n) is 11.5. The van der Waals surface area contributed by atoms with E-state index in [1.165, 1.54) is 12.3 Å². The predicted molar refractivity (Wildman–Crippen MR) is 81.1 cm³/mol. The molecule has 3 heterocycles. The van der Waals surface area contributed by atoms with Crippen LogP contribution in [0.15, 0.2) is 60.3 Å². The van der Waals surface area contributed by atoms with Gasteiger partial charge in [0.25, 0.3) is 0 Å². The van der Waals surface area contributed by atoms with E-state index in [0.717, 1.165) is 14.5 Å². The highest BCUT2D eigenvalue weighted by Crippen LogP contribution is 2.39. The number of aldehydes is 1. The topological polar surface area (TPSA) is 25.0 Å². The highest BCUT2D eigenvalue weighted by atomic mass is 19.2. The Hall–Kier alpha value is -2.76. The molecule has 0 amide bonds. The Morgan fingerprint density at radius 2 is 1.86 bits per heavy atom. The van der Waals surface area contributed by atoms with Crippen LogP contribution in [0.25, 0.3) is 5.57 Å². The molecule has 0 N–H and O–H groups in total. The van der Waals surface area contributed by atoms with Crippen molar-refractivity contribution in [2.45, 2.75) is 0 Å². The van der Waals surface area contributed by atoms with Gasteiger partial charge in [-0.3, -0.25) is 4.79 Å². The van der Waals surface area contributed by atoms with Gasteiger partial charge in [0.2, 0.25) is 0 Å². The van der Waals surface area contributed by atoms with Gasteiger partial charge in [-0.25, -0.2) is 0 Å². The fraction of sp³-hybridized carbons (Fsp3) is 0. The molecule has 3 nitrogen and oxygen atoms in total. The number of hydrogen-bond donors (Lipinski definition) is 0. The third-order valence-electron chi connectivity index (χ3n) is 4.07. The highest BCUT2D eigenvalue weighted by molar-refractivity contribution is 6.58. The molecule has 0 atom stereocenters. The summed E-state index contributed by atoms with van der Waals surface area (Å²) in [5.41, 5.74) is 2.34. The van der Waals surface area contributed by atoms with Crippen molar-refractivity contribution in [3.05, 3.63) is 77.3 Å². The molecule has 1 aromatic heterocycles. The van der Waals surface area contributed by atoms with Gasteiger partial charge in [-0.2, -0.15) is 0 Å². The Morgan fingerprint density at radius 1 is 1.09 bits per heavy atom. The van der Waals surface area contributed by atoms with E-state index in [-0.39, 0.29) is 5.69 Å². The van der Waals surface area contributed by atoms with E-state index in [4.69, 9.17) is 0 Å². The van der Waals surface area contributed by atoms with Gasteiger partial charge in [0, 0.05) is 17.8 Å². The maximum Gasteiger partial charge on any atom is 0.737 e. The van der Waals surface area contributed by atoms with Gasteiger partial charge in [-0.15, -0.1) is 0 Å². The second kappa shape index (κ2) is 4.37. The zero-order valence-corrected chi connectivity index (χ0v) is 11.5. The summed E-state index contributed by atoms with van der Waals surface area (Å²) >= 11 is 0. The van der Waals surface area contributed by atoms with Crippen LogP contribution in [0.5, 0.6) is 0 Å². The number of hydrogen-bond acceptors (Lipinski definition) is 1. The summed E-state index contributed by atoms with van der Waals surface area (Å²) in [4.78, 5) is 11.2. The number of nitrogens with zero attached hydrogens (tertiary/aromatic N) is 2. The van der Waals surface area contributed by atoms with Crippen LogP contribution in [0, 0.1) is 0 Å². The molecule has 2 aliphatic rings.